The largest absolute Gasteiger partial charge is 0.358 e. The molecule has 3 heterocycles. The molecule has 32 heavy (non-hydrogen) atoms. The van der Waals surface area contributed by atoms with Gasteiger partial charge in [-0.15, -0.1) is 0 Å². The van der Waals surface area contributed by atoms with Crippen LogP contribution in [0.25, 0.3) is 10.9 Å². The number of hydrogen-bond donors (Lipinski definition) is 3. The first-order valence-corrected chi connectivity index (χ1v) is 10.7. The van der Waals surface area contributed by atoms with Crippen molar-refractivity contribution in [3.8, 4) is 0 Å². The van der Waals surface area contributed by atoms with Crippen molar-refractivity contribution in [2.75, 3.05) is 11.9 Å². The molecule has 164 valence electrons. The van der Waals surface area contributed by atoms with Crippen LogP contribution in [0.2, 0.25) is 0 Å². The lowest BCUT2D eigenvalue weighted by Gasteiger charge is -2.18. The number of rotatable bonds is 6. The van der Waals surface area contributed by atoms with E-state index >= 15 is 0 Å². The van der Waals surface area contributed by atoms with Gasteiger partial charge >= 0.3 is 0 Å². The zero-order chi connectivity index (χ0) is 22.7. The van der Waals surface area contributed by atoms with Crippen LogP contribution in [0.3, 0.4) is 0 Å². The number of aromatic nitrogens is 4. The molecule has 7 nitrogen and oxygen atoms in total. The molecule has 0 aliphatic heterocycles. The van der Waals surface area contributed by atoms with Crippen molar-refractivity contribution in [1.82, 2.24) is 25.3 Å². The Morgan fingerprint density at radius 3 is 2.53 bits per heavy atom. The van der Waals surface area contributed by atoms with E-state index in [9.17, 15) is 4.79 Å². The molecular weight excluding hydrogens is 400 g/mol. The summed E-state index contributed by atoms with van der Waals surface area (Å²) in [6.45, 7) is 8.93. The zero-order valence-corrected chi connectivity index (χ0v) is 18.9. The second kappa shape index (κ2) is 8.78. The highest BCUT2D eigenvalue weighted by atomic mass is 16.1. The maximum Gasteiger partial charge on any atom is 0.254 e. The van der Waals surface area contributed by atoms with Crippen molar-refractivity contribution in [3.63, 3.8) is 0 Å². The number of carbonyl (C=O) groups excluding carboxylic acids is 1. The van der Waals surface area contributed by atoms with E-state index in [4.69, 9.17) is 0 Å². The highest BCUT2D eigenvalue weighted by molar-refractivity contribution is 5.93. The van der Waals surface area contributed by atoms with Gasteiger partial charge in [-0.3, -0.25) is 4.79 Å². The molecule has 0 spiro atoms. The number of aromatic amines is 1. The van der Waals surface area contributed by atoms with Crippen molar-refractivity contribution in [2.45, 2.75) is 39.5 Å². The second-order valence-electron chi connectivity index (χ2n) is 8.86. The molecule has 1 aromatic carbocycles. The van der Waals surface area contributed by atoms with Crippen LogP contribution in [0.4, 0.5) is 11.8 Å². The van der Waals surface area contributed by atoms with Crippen molar-refractivity contribution in [2.24, 2.45) is 0 Å². The average molecular weight is 429 g/mol. The van der Waals surface area contributed by atoms with Gasteiger partial charge in [0.2, 0.25) is 5.95 Å². The Labute approximate surface area is 187 Å². The number of nitrogens with one attached hydrogen (secondary N) is 3. The van der Waals surface area contributed by atoms with Crippen LogP contribution in [0.1, 0.15) is 48.1 Å². The Morgan fingerprint density at radius 1 is 1.03 bits per heavy atom. The quantitative estimate of drug-likeness (QED) is 0.415. The van der Waals surface area contributed by atoms with Gasteiger partial charge in [0.15, 0.2) is 0 Å². The topological polar surface area (TPSA) is 95.6 Å². The fraction of sp³-hybridized carbons (Fsp3) is 0.280. The maximum atomic E-state index is 12.5. The molecule has 0 aliphatic carbocycles. The molecule has 0 unspecified atom stereocenters. The normalized spacial score (nSPS) is 11.5. The maximum absolute atomic E-state index is 12.5. The number of hydrogen-bond acceptors (Lipinski definition) is 5. The summed E-state index contributed by atoms with van der Waals surface area (Å²) in [7, 11) is 0. The smallest absolute Gasteiger partial charge is 0.254 e. The third-order valence-corrected chi connectivity index (χ3v) is 5.36. The van der Waals surface area contributed by atoms with Crippen LogP contribution in [-0.2, 0) is 11.8 Å². The van der Waals surface area contributed by atoms with Crippen LogP contribution >= 0.6 is 0 Å². The summed E-state index contributed by atoms with van der Waals surface area (Å²) in [5.41, 5.74) is 4.81. The van der Waals surface area contributed by atoms with Crippen molar-refractivity contribution < 1.29 is 4.79 Å². The molecule has 0 radical (unpaired) electrons. The number of pyridine rings is 1. The van der Waals surface area contributed by atoms with Gasteiger partial charge in [0.25, 0.3) is 5.91 Å². The van der Waals surface area contributed by atoms with Gasteiger partial charge in [-0.1, -0.05) is 45.0 Å². The molecule has 0 atom stereocenters. The lowest BCUT2D eigenvalue weighted by Crippen LogP contribution is -2.26. The first-order valence-electron chi connectivity index (χ1n) is 10.7. The lowest BCUT2D eigenvalue weighted by atomic mass is 9.92. The summed E-state index contributed by atoms with van der Waals surface area (Å²) < 4.78 is 0. The van der Waals surface area contributed by atoms with Crippen molar-refractivity contribution in [3.05, 3.63) is 77.4 Å². The van der Waals surface area contributed by atoms with E-state index in [0.717, 1.165) is 23.3 Å². The standard InChI is InChI=1S/C25H28N6O/c1-16-18(19-8-5-6-9-20(19)29-16)12-13-26-23(32)17-14-27-24(28-15-17)31-22-11-7-10-21(30-22)25(2,3)4/h5-11,14-15,29H,12-13H2,1-4H3,(H,26,32)(H,27,28,30,31). The number of anilines is 2. The fourth-order valence-electron chi connectivity index (χ4n) is 3.61. The molecule has 7 heteroatoms. The fourth-order valence-corrected chi connectivity index (χ4v) is 3.61. The molecule has 0 saturated heterocycles. The molecule has 0 aliphatic rings. The highest BCUT2D eigenvalue weighted by Crippen LogP contribution is 2.23. The van der Waals surface area contributed by atoms with E-state index in [1.54, 1.807) is 0 Å². The summed E-state index contributed by atoms with van der Waals surface area (Å²) >= 11 is 0. The molecule has 1 amide bonds. The number of nitrogens with zero attached hydrogens (tertiary/aromatic N) is 3. The molecule has 4 aromatic rings. The number of benzene rings is 1. The van der Waals surface area contributed by atoms with E-state index in [-0.39, 0.29) is 11.3 Å². The first kappa shape index (κ1) is 21.5. The van der Waals surface area contributed by atoms with Crippen LogP contribution in [0, 0.1) is 6.92 Å². The average Bonchev–Trinajstić information content (AvgIpc) is 3.09. The minimum atomic E-state index is -0.193. The Hall–Kier alpha value is -3.74. The molecule has 4 rings (SSSR count). The third-order valence-electron chi connectivity index (χ3n) is 5.36. The first-order chi connectivity index (χ1) is 15.3. The second-order valence-corrected chi connectivity index (χ2v) is 8.86. The summed E-state index contributed by atoms with van der Waals surface area (Å²) in [5.74, 6) is 0.875. The number of para-hydroxylation sites is 1. The Balaban J connectivity index is 1.36. The van der Waals surface area contributed by atoms with Crippen LogP contribution in [-0.4, -0.2) is 32.4 Å². The monoisotopic (exact) mass is 428 g/mol. The van der Waals surface area contributed by atoms with Gasteiger partial charge in [0.05, 0.1) is 5.56 Å². The van der Waals surface area contributed by atoms with Crippen LogP contribution in [0.5, 0.6) is 0 Å². The minimum Gasteiger partial charge on any atom is -0.358 e. The zero-order valence-electron chi connectivity index (χ0n) is 18.9. The van der Waals surface area contributed by atoms with Gasteiger partial charge in [-0.25, -0.2) is 15.0 Å². The molecular formula is C25H28N6O. The van der Waals surface area contributed by atoms with E-state index in [1.165, 1.54) is 23.3 Å². The van der Waals surface area contributed by atoms with Crippen LogP contribution < -0.4 is 10.6 Å². The predicted octanol–water partition coefficient (Wildman–Crippen LogP) is 4.67. The number of aryl methyl sites for hydroxylation is 1. The van der Waals surface area contributed by atoms with Crippen molar-refractivity contribution >= 4 is 28.6 Å². The highest BCUT2D eigenvalue weighted by Gasteiger charge is 2.16. The van der Waals surface area contributed by atoms with E-state index in [0.29, 0.717) is 23.9 Å². The van der Waals surface area contributed by atoms with Crippen LogP contribution in [0.15, 0.2) is 54.9 Å². The third kappa shape index (κ3) is 4.77. The Bertz CT molecular complexity index is 1240. The predicted molar refractivity (Wildman–Crippen MR) is 127 cm³/mol. The number of fused-ring (bicyclic) bond motifs is 1. The van der Waals surface area contributed by atoms with Gasteiger partial charge in [-0.2, -0.15) is 0 Å². The van der Waals surface area contributed by atoms with Gasteiger partial charge in [0.1, 0.15) is 5.82 Å². The molecule has 3 N–H and O–H groups in total. The lowest BCUT2D eigenvalue weighted by molar-refractivity contribution is 0.0953. The van der Waals surface area contributed by atoms with Crippen molar-refractivity contribution in [1.29, 1.82) is 0 Å². The Kier molecular flexibility index (Phi) is 5.90. The number of carbonyl (C=O) groups is 1. The number of H-pyrrole nitrogens is 1. The minimum absolute atomic E-state index is 0.0499. The molecule has 0 bridgehead atoms. The molecule has 3 aromatic heterocycles. The van der Waals surface area contributed by atoms with E-state index < -0.39 is 0 Å². The SMILES string of the molecule is Cc1[nH]c2ccccc2c1CCNC(=O)c1cnc(Nc2cccc(C(C)(C)C)n2)nc1. The number of amides is 1. The summed E-state index contributed by atoms with van der Waals surface area (Å²) in [5, 5.41) is 7.25. The van der Waals surface area contributed by atoms with Gasteiger partial charge in [-0.05, 0) is 37.1 Å². The summed E-state index contributed by atoms with van der Waals surface area (Å²) in [6, 6.07) is 14.0. The van der Waals surface area contributed by atoms with Gasteiger partial charge in [0, 0.05) is 46.6 Å². The van der Waals surface area contributed by atoms with Gasteiger partial charge < -0.3 is 15.6 Å². The van der Waals surface area contributed by atoms with E-state index in [1.807, 2.05) is 30.3 Å². The molecule has 0 saturated carbocycles. The summed E-state index contributed by atoms with van der Waals surface area (Å²) in [4.78, 5) is 29.1. The molecule has 0 fully saturated rings. The Morgan fingerprint density at radius 2 is 1.78 bits per heavy atom. The van der Waals surface area contributed by atoms with E-state index in [2.05, 4.69) is 70.4 Å². The summed E-state index contributed by atoms with van der Waals surface area (Å²) in [6.07, 6.45) is 3.79.